The number of amides is 2. The molecule has 2 aromatic rings. The lowest BCUT2D eigenvalue weighted by Gasteiger charge is -2.36. The number of nitrogens with zero attached hydrogens (tertiary/aromatic N) is 1. The highest BCUT2D eigenvalue weighted by Crippen LogP contribution is 2.37. The van der Waals surface area contributed by atoms with Crippen molar-refractivity contribution in [3.05, 3.63) is 59.4 Å². The van der Waals surface area contributed by atoms with Crippen LogP contribution in [-0.2, 0) is 21.7 Å². The van der Waals surface area contributed by atoms with Crippen LogP contribution >= 0.6 is 11.8 Å². The Labute approximate surface area is 192 Å². The molecule has 0 aliphatic carbocycles. The number of methoxy groups -OCH3 is 1. The summed E-state index contributed by atoms with van der Waals surface area (Å²) in [7, 11) is 1.65. The molecular formula is C24H29FN2O4S. The highest BCUT2D eigenvalue weighted by Gasteiger charge is 2.35. The van der Waals surface area contributed by atoms with Gasteiger partial charge in [-0.1, -0.05) is 12.1 Å². The highest BCUT2D eigenvalue weighted by atomic mass is 32.2. The van der Waals surface area contributed by atoms with Crippen LogP contribution in [0, 0.1) is 5.82 Å². The molecule has 1 N–H and O–H groups in total. The predicted molar refractivity (Wildman–Crippen MR) is 124 cm³/mol. The minimum atomic E-state index is -0.550. The second-order valence-electron chi connectivity index (χ2n) is 8.00. The summed E-state index contributed by atoms with van der Waals surface area (Å²) in [4.78, 5) is 14.2. The Kier molecular flexibility index (Phi) is 7.55. The molecule has 0 radical (unpaired) electrons. The van der Waals surface area contributed by atoms with Crippen molar-refractivity contribution in [1.29, 1.82) is 0 Å². The van der Waals surface area contributed by atoms with Crippen molar-refractivity contribution in [3.8, 4) is 5.75 Å². The van der Waals surface area contributed by atoms with Crippen LogP contribution < -0.4 is 10.1 Å². The summed E-state index contributed by atoms with van der Waals surface area (Å²) in [5.74, 6) is 2.06. The van der Waals surface area contributed by atoms with Crippen LogP contribution in [0.3, 0.4) is 0 Å². The van der Waals surface area contributed by atoms with Crippen molar-refractivity contribution >= 4 is 23.5 Å². The molecule has 0 aromatic heterocycles. The number of urea groups is 1. The maximum Gasteiger partial charge on any atom is 0.321 e. The molecule has 0 saturated carbocycles. The number of hydrogen-bond donors (Lipinski definition) is 1. The molecule has 2 amide bonds. The molecule has 2 aliphatic heterocycles. The molecule has 0 unspecified atom stereocenters. The van der Waals surface area contributed by atoms with E-state index in [9.17, 15) is 9.18 Å². The van der Waals surface area contributed by atoms with Crippen molar-refractivity contribution in [2.45, 2.75) is 25.0 Å². The molecule has 8 heteroatoms. The topological polar surface area (TPSA) is 60.0 Å². The lowest BCUT2D eigenvalue weighted by atomic mass is 9.86. The fourth-order valence-electron chi connectivity index (χ4n) is 4.04. The van der Waals surface area contributed by atoms with Gasteiger partial charge in [0.2, 0.25) is 0 Å². The molecule has 2 aromatic carbocycles. The molecule has 2 fully saturated rings. The number of rotatable bonds is 6. The minimum Gasteiger partial charge on any atom is -0.489 e. The fraction of sp³-hybridized carbons (Fsp3) is 0.458. The van der Waals surface area contributed by atoms with Crippen molar-refractivity contribution in [2.75, 3.05) is 50.2 Å². The molecule has 4 rings (SSSR count). The van der Waals surface area contributed by atoms with Crippen LogP contribution in [0.15, 0.2) is 42.5 Å². The number of thioether (sulfide) groups is 1. The minimum absolute atomic E-state index is 0.0678. The quantitative estimate of drug-likeness (QED) is 0.681. The van der Waals surface area contributed by atoms with Crippen molar-refractivity contribution in [2.24, 2.45) is 0 Å². The largest absolute Gasteiger partial charge is 0.489 e. The second kappa shape index (κ2) is 10.6. The zero-order valence-corrected chi connectivity index (χ0v) is 19.1. The summed E-state index contributed by atoms with van der Waals surface area (Å²) in [5.41, 5.74) is 1.89. The zero-order valence-electron chi connectivity index (χ0n) is 18.3. The maximum atomic E-state index is 14.3. The Morgan fingerprint density at radius 2 is 1.88 bits per heavy atom. The van der Waals surface area contributed by atoms with E-state index in [0.29, 0.717) is 38.4 Å². The van der Waals surface area contributed by atoms with Gasteiger partial charge in [-0.05, 0) is 35.4 Å². The van der Waals surface area contributed by atoms with Crippen molar-refractivity contribution < 1.29 is 23.4 Å². The number of carbonyl (C=O) groups excluding carboxylic acids is 1. The van der Waals surface area contributed by atoms with Crippen LogP contribution in [0.1, 0.15) is 24.0 Å². The van der Waals surface area contributed by atoms with E-state index in [4.69, 9.17) is 14.2 Å². The van der Waals surface area contributed by atoms with Gasteiger partial charge in [-0.3, -0.25) is 0 Å². The predicted octanol–water partition coefficient (Wildman–Crippen LogP) is 4.64. The third-order valence-electron chi connectivity index (χ3n) is 6.00. The lowest BCUT2D eigenvalue weighted by Crippen LogP contribution is -2.40. The lowest BCUT2D eigenvalue weighted by molar-refractivity contribution is -0.0950. The summed E-state index contributed by atoms with van der Waals surface area (Å²) in [6, 6.07) is 12.2. The smallest absolute Gasteiger partial charge is 0.321 e. The zero-order chi connectivity index (χ0) is 22.4. The van der Waals surface area contributed by atoms with Crippen LogP contribution in [-0.4, -0.2) is 55.8 Å². The molecule has 2 aliphatic rings. The molecule has 6 nitrogen and oxygen atoms in total. The Morgan fingerprint density at radius 3 is 2.56 bits per heavy atom. The molecule has 2 heterocycles. The van der Waals surface area contributed by atoms with Gasteiger partial charge < -0.3 is 24.4 Å². The van der Waals surface area contributed by atoms with Crippen LogP contribution in [0.4, 0.5) is 14.9 Å². The van der Waals surface area contributed by atoms with Gasteiger partial charge in [-0.15, -0.1) is 0 Å². The molecule has 32 heavy (non-hydrogen) atoms. The summed E-state index contributed by atoms with van der Waals surface area (Å²) >= 11 is 1.87. The number of nitrogens with one attached hydrogen (secondary N) is 1. The Morgan fingerprint density at radius 1 is 1.16 bits per heavy atom. The van der Waals surface area contributed by atoms with E-state index in [1.807, 2.05) is 47.0 Å². The number of carbonyl (C=O) groups is 1. The fourth-order valence-corrected chi connectivity index (χ4v) is 4.94. The van der Waals surface area contributed by atoms with Gasteiger partial charge in [-0.2, -0.15) is 11.8 Å². The number of ether oxygens (including phenoxy) is 3. The van der Waals surface area contributed by atoms with Gasteiger partial charge >= 0.3 is 6.03 Å². The van der Waals surface area contributed by atoms with E-state index in [1.165, 1.54) is 12.1 Å². The van der Waals surface area contributed by atoms with Crippen LogP contribution in [0.5, 0.6) is 5.75 Å². The van der Waals surface area contributed by atoms with E-state index in [0.717, 1.165) is 41.4 Å². The highest BCUT2D eigenvalue weighted by molar-refractivity contribution is 7.99. The van der Waals surface area contributed by atoms with Gasteiger partial charge in [0.1, 0.15) is 18.2 Å². The average Bonchev–Trinajstić information content (AvgIpc) is 2.84. The standard InChI is InChI=1S/C24H29FN2O4S/c1-29-24(6-10-30-11-7-24)19-14-20(25)16-22(15-19)31-17-18-2-4-21(5-3-18)26-23(28)27-8-12-32-13-9-27/h2-5,14-16H,6-13,17H2,1H3,(H,26,28). The summed E-state index contributed by atoms with van der Waals surface area (Å²) in [5, 5.41) is 2.94. The van der Waals surface area contributed by atoms with E-state index >= 15 is 0 Å². The molecule has 172 valence electrons. The monoisotopic (exact) mass is 460 g/mol. The Hall–Kier alpha value is -2.29. The first-order valence-electron chi connectivity index (χ1n) is 10.9. The van der Waals surface area contributed by atoms with Gasteiger partial charge in [0, 0.05) is 69.5 Å². The SMILES string of the molecule is COC1(c2cc(F)cc(OCc3ccc(NC(=O)N4CCSCC4)cc3)c2)CCOCC1. The summed E-state index contributed by atoms with van der Waals surface area (Å²) < 4.78 is 31.4. The number of anilines is 1. The first-order valence-corrected chi connectivity index (χ1v) is 12.0. The third kappa shape index (κ3) is 5.54. The molecule has 0 spiro atoms. The molecular weight excluding hydrogens is 431 g/mol. The Balaban J connectivity index is 1.37. The first kappa shape index (κ1) is 22.9. The van der Waals surface area contributed by atoms with Gasteiger partial charge in [0.25, 0.3) is 0 Å². The van der Waals surface area contributed by atoms with E-state index in [2.05, 4.69) is 5.32 Å². The van der Waals surface area contributed by atoms with Crippen LogP contribution in [0.25, 0.3) is 0 Å². The Bertz CT molecular complexity index is 913. The number of benzene rings is 2. The van der Waals surface area contributed by atoms with Crippen molar-refractivity contribution in [1.82, 2.24) is 4.90 Å². The van der Waals surface area contributed by atoms with Crippen molar-refractivity contribution in [3.63, 3.8) is 0 Å². The van der Waals surface area contributed by atoms with E-state index < -0.39 is 5.60 Å². The summed E-state index contributed by atoms with van der Waals surface area (Å²) in [6.45, 7) is 3.01. The van der Waals surface area contributed by atoms with E-state index in [-0.39, 0.29) is 11.8 Å². The van der Waals surface area contributed by atoms with E-state index in [1.54, 1.807) is 7.11 Å². The number of hydrogen-bond acceptors (Lipinski definition) is 5. The normalized spacial score (nSPS) is 18.2. The van der Waals surface area contributed by atoms with Gasteiger partial charge in [0.15, 0.2) is 0 Å². The first-order chi connectivity index (χ1) is 15.6. The average molecular weight is 461 g/mol. The molecule has 2 saturated heterocycles. The maximum absolute atomic E-state index is 14.3. The van der Waals surface area contributed by atoms with Gasteiger partial charge in [-0.25, -0.2) is 9.18 Å². The van der Waals surface area contributed by atoms with Crippen LogP contribution in [0.2, 0.25) is 0 Å². The summed E-state index contributed by atoms with van der Waals surface area (Å²) in [6.07, 6.45) is 1.35. The number of halogens is 1. The molecule has 0 bridgehead atoms. The molecule has 0 atom stereocenters. The third-order valence-corrected chi connectivity index (χ3v) is 6.94. The second-order valence-corrected chi connectivity index (χ2v) is 9.23. The van der Waals surface area contributed by atoms with Gasteiger partial charge in [0.05, 0.1) is 5.60 Å².